The van der Waals surface area contributed by atoms with Crippen molar-refractivity contribution in [3.8, 4) is 0 Å². The number of hydrogen-bond acceptors (Lipinski definition) is 3. The first-order valence-electron chi connectivity index (χ1n) is 12.2. The SMILES string of the molecule is Cc1ccc([C@@H]2CC(CN3CCNCC3)CC[C@H]2C(N)=NCc2ccc(C(F)(F)F)cc2)cc1. The normalized spacial score (nSPS) is 24.8. The lowest BCUT2D eigenvalue weighted by Crippen LogP contribution is -2.46. The van der Waals surface area contributed by atoms with Crippen LogP contribution in [0.15, 0.2) is 53.5 Å². The maximum Gasteiger partial charge on any atom is 0.416 e. The van der Waals surface area contributed by atoms with Crippen LogP contribution in [0, 0.1) is 18.8 Å². The lowest BCUT2D eigenvalue weighted by Gasteiger charge is -2.39. The van der Waals surface area contributed by atoms with Crippen LogP contribution in [0.4, 0.5) is 13.2 Å². The van der Waals surface area contributed by atoms with Crippen LogP contribution in [0.3, 0.4) is 0 Å². The molecule has 4 nitrogen and oxygen atoms in total. The van der Waals surface area contributed by atoms with Crippen molar-refractivity contribution in [1.82, 2.24) is 10.2 Å². The van der Waals surface area contributed by atoms with E-state index in [1.54, 1.807) is 0 Å². The monoisotopic (exact) mass is 472 g/mol. The van der Waals surface area contributed by atoms with Crippen LogP contribution in [0.1, 0.15) is 47.4 Å². The van der Waals surface area contributed by atoms with Crippen molar-refractivity contribution in [3.05, 3.63) is 70.8 Å². The molecule has 2 aliphatic rings. The van der Waals surface area contributed by atoms with Crippen LogP contribution in [0.5, 0.6) is 0 Å². The molecule has 2 aromatic carbocycles. The summed E-state index contributed by atoms with van der Waals surface area (Å²) in [4.78, 5) is 7.20. The van der Waals surface area contributed by atoms with Gasteiger partial charge in [0.25, 0.3) is 0 Å². The number of alkyl halides is 3. The zero-order valence-corrected chi connectivity index (χ0v) is 19.8. The van der Waals surface area contributed by atoms with Gasteiger partial charge in [0.1, 0.15) is 0 Å². The minimum atomic E-state index is -4.33. The molecule has 1 unspecified atom stereocenters. The first kappa shape index (κ1) is 24.7. The maximum atomic E-state index is 12.8. The highest BCUT2D eigenvalue weighted by Gasteiger charge is 2.34. The van der Waals surface area contributed by atoms with Crippen LogP contribution in [0.2, 0.25) is 0 Å². The van der Waals surface area contributed by atoms with Crippen molar-refractivity contribution in [2.75, 3.05) is 32.7 Å². The Morgan fingerprint density at radius 1 is 1.03 bits per heavy atom. The lowest BCUT2D eigenvalue weighted by atomic mass is 9.70. The summed E-state index contributed by atoms with van der Waals surface area (Å²) in [5, 5.41) is 3.42. The molecule has 184 valence electrons. The fourth-order valence-corrected chi connectivity index (χ4v) is 5.32. The number of nitrogens with one attached hydrogen (secondary N) is 1. The number of benzene rings is 2. The van der Waals surface area contributed by atoms with E-state index in [1.807, 2.05) is 0 Å². The molecule has 2 fully saturated rings. The van der Waals surface area contributed by atoms with Gasteiger partial charge >= 0.3 is 6.18 Å². The van der Waals surface area contributed by atoms with Crippen LogP contribution in [-0.4, -0.2) is 43.5 Å². The van der Waals surface area contributed by atoms with Crippen molar-refractivity contribution >= 4 is 5.84 Å². The van der Waals surface area contributed by atoms with Gasteiger partial charge in [-0.15, -0.1) is 0 Å². The predicted octanol–water partition coefficient (Wildman–Crippen LogP) is 4.98. The van der Waals surface area contributed by atoms with Gasteiger partial charge in [0.15, 0.2) is 0 Å². The molecule has 1 saturated heterocycles. The summed E-state index contributed by atoms with van der Waals surface area (Å²) >= 11 is 0. The molecule has 34 heavy (non-hydrogen) atoms. The Morgan fingerprint density at radius 2 is 1.71 bits per heavy atom. The number of nitrogens with zero attached hydrogens (tertiary/aromatic N) is 2. The van der Waals surface area contributed by atoms with Gasteiger partial charge in [0.05, 0.1) is 17.9 Å². The Kier molecular flexibility index (Phi) is 7.94. The van der Waals surface area contributed by atoms with Crippen molar-refractivity contribution < 1.29 is 13.2 Å². The van der Waals surface area contributed by atoms with Crippen molar-refractivity contribution in [2.24, 2.45) is 22.6 Å². The van der Waals surface area contributed by atoms with Crippen molar-refractivity contribution in [2.45, 2.75) is 44.8 Å². The summed E-state index contributed by atoms with van der Waals surface area (Å²) in [5.41, 5.74) is 9.16. The Hall–Kier alpha value is -2.38. The largest absolute Gasteiger partial charge is 0.416 e. The molecular formula is C27H35F3N4. The van der Waals surface area contributed by atoms with E-state index in [9.17, 15) is 13.2 Å². The summed E-state index contributed by atoms with van der Waals surface area (Å²) in [6.45, 7) is 7.83. The highest BCUT2D eigenvalue weighted by atomic mass is 19.4. The van der Waals surface area contributed by atoms with E-state index in [-0.39, 0.29) is 5.92 Å². The Morgan fingerprint density at radius 3 is 2.35 bits per heavy atom. The topological polar surface area (TPSA) is 53.6 Å². The Balaban J connectivity index is 1.47. The van der Waals surface area contributed by atoms with E-state index in [4.69, 9.17) is 5.73 Å². The molecule has 0 radical (unpaired) electrons. The third-order valence-electron chi connectivity index (χ3n) is 7.30. The Labute approximate surface area is 200 Å². The van der Waals surface area contributed by atoms with Crippen molar-refractivity contribution in [3.63, 3.8) is 0 Å². The predicted molar refractivity (Wildman–Crippen MR) is 131 cm³/mol. The van der Waals surface area contributed by atoms with E-state index >= 15 is 0 Å². The second kappa shape index (κ2) is 10.9. The van der Waals surface area contributed by atoms with Crippen LogP contribution >= 0.6 is 0 Å². The average Bonchev–Trinajstić information content (AvgIpc) is 2.83. The molecule has 0 bridgehead atoms. The average molecular weight is 473 g/mol. The molecule has 0 spiro atoms. The minimum Gasteiger partial charge on any atom is -0.387 e. The summed E-state index contributed by atoms with van der Waals surface area (Å²) in [7, 11) is 0. The van der Waals surface area contributed by atoms with Crippen LogP contribution in [0.25, 0.3) is 0 Å². The molecule has 1 saturated carbocycles. The third-order valence-corrected chi connectivity index (χ3v) is 7.30. The molecular weight excluding hydrogens is 437 g/mol. The standard InChI is InChI=1S/C27H35F3N4/c1-19-2-7-22(8-3-19)25-16-21(18-34-14-12-32-13-15-34)6-11-24(25)26(31)33-17-20-4-9-23(10-5-20)27(28,29)30/h2-5,7-10,21,24-25,32H,6,11-18H2,1H3,(H2,31,33)/t21?,24-,25+/m1/s1. The highest BCUT2D eigenvalue weighted by molar-refractivity contribution is 5.84. The van der Waals surface area contributed by atoms with E-state index in [1.165, 1.54) is 23.3 Å². The molecule has 1 heterocycles. The highest BCUT2D eigenvalue weighted by Crippen LogP contribution is 2.41. The van der Waals surface area contributed by atoms with E-state index in [2.05, 4.69) is 46.4 Å². The van der Waals surface area contributed by atoms with Gasteiger partial charge in [-0.1, -0.05) is 42.0 Å². The first-order valence-corrected chi connectivity index (χ1v) is 12.2. The quantitative estimate of drug-likeness (QED) is 0.461. The molecule has 0 aromatic heterocycles. The van der Waals surface area contributed by atoms with Gasteiger partial charge in [-0.3, -0.25) is 4.99 Å². The Bertz CT molecular complexity index is 947. The number of piperazine rings is 1. The molecule has 7 heteroatoms. The number of rotatable bonds is 6. The van der Waals surface area contributed by atoms with Gasteiger partial charge < -0.3 is 16.0 Å². The lowest BCUT2D eigenvalue weighted by molar-refractivity contribution is -0.137. The van der Waals surface area contributed by atoms with E-state index < -0.39 is 11.7 Å². The fourth-order valence-electron chi connectivity index (χ4n) is 5.32. The number of aliphatic imine (C=N–C) groups is 1. The number of aryl methyl sites for hydroxylation is 1. The number of halogens is 3. The van der Waals surface area contributed by atoms with Crippen LogP contribution < -0.4 is 11.1 Å². The third kappa shape index (κ3) is 6.39. The summed E-state index contributed by atoms with van der Waals surface area (Å²) < 4.78 is 38.5. The minimum absolute atomic E-state index is 0.149. The first-order chi connectivity index (χ1) is 16.3. The molecule has 1 aliphatic heterocycles. The van der Waals surface area contributed by atoms with Gasteiger partial charge in [-0.2, -0.15) is 13.2 Å². The molecule has 2 aromatic rings. The smallest absolute Gasteiger partial charge is 0.387 e. The number of amidine groups is 1. The van der Waals surface area contributed by atoms with Gasteiger partial charge in [0.2, 0.25) is 0 Å². The zero-order chi connectivity index (χ0) is 24.1. The number of hydrogen-bond donors (Lipinski definition) is 2. The molecule has 3 N–H and O–H groups in total. The van der Waals surface area contributed by atoms with Crippen LogP contribution in [-0.2, 0) is 12.7 Å². The second-order valence-corrected chi connectivity index (χ2v) is 9.79. The summed E-state index contributed by atoms with van der Waals surface area (Å²) in [6.07, 6.45) is -1.15. The zero-order valence-electron chi connectivity index (χ0n) is 19.8. The fraction of sp³-hybridized carbons (Fsp3) is 0.519. The summed E-state index contributed by atoms with van der Waals surface area (Å²) in [6, 6.07) is 13.9. The van der Waals surface area contributed by atoms with E-state index in [0.29, 0.717) is 24.2 Å². The second-order valence-electron chi connectivity index (χ2n) is 9.79. The van der Waals surface area contributed by atoms with Gasteiger partial charge in [-0.05, 0) is 61.3 Å². The van der Waals surface area contributed by atoms with Gasteiger partial charge in [0, 0.05) is 38.6 Å². The van der Waals surface area contributed by atoms with Gasteiger partial charge in [-0.25, -0.2) is 0 Å². The summed E-state index contributed by atoms with van der Waals surface area (Å²) in [5.74, 6) is 1.70. The van der Waals surface area contributed by atoms with Crippen molar-refractivity contribution in [1.29, 1.82) is 0 Å². The maximum absolute atomic E-state index is 12.8. The molecule has 4 rings (SSSR count). The van der Waals surface area contributed by atoms with E-state index in [0.717, 1.165) is 69.7 Å². The molecule has 0 amide bonds. The number of nitrogens with two attached hydrogens (primary N) is 1. The molecule has 1 aliphatic carbocycles. The molecule has 3 atom stereocenters.